The van der Waals surface area contributed by atoms with Crippen LogP contribution in [0.2, 0.25) is 0 Å². The van der Waals surface area contributed by atoms with Crippen molar-refractivity contribution in [1.29, 1.82) is 0 Å². The highest BCUT2D eigenvalue weighted by Gasteiger charge is 2.07. The lowest BCUT2D eigenvalue weighted by Gasteiger charge is -2.08. The van der Waals surface area contributed by atoms with Crippen LogP contribution in [0.5, 0.6) is 5.75 Å². The van der Waals surface area contributed by atoms with E-state index in [4.69, 9.17) is 4.74 Å². The molecule has 0 unspecified atom stereocenters. The van der Waals surface area contributed by atoms with Gasteiger partial charge in [-0.25, -0.2) is 0 Å². The number of ether oxygens (including phenoxy) is 1. The number of halogens is 1. The Labute approximate surface area is 120 Å². The first-order valence-corrected chi connectivity index (χ1v) is 6.72. The van der Waals surface area contributed by atoms with Gasteiger partial charge < -0.3 is 4.74 Å². The van der Waals surface area contributed by atoms with Gasteiger partial charge >= 0.3 is 0 Å². The fourth-order valence-electron chi connectivity index (χ4n) is 1.58. The highest BCUT2D eigenvalue weighted by atomic mass is 127. The summed E-state index contributed by atoms with van der Waals surface area (Å²) >= 11 is 2.21. The van der Waals surface area contributed by atoms with Crippen LogP contribution in [0.3, 0.4) is 0 Å². The molecule has 2 aromatic rings. The van der Waals surface area contributed by atoms with Gasteiger partial charge in [-0.05, 0) is 53.3 Å². The Morgan fingerprint density at radius 1 is 1.11 bits per heavy atom. The van der Waals surface area contributed by atoms with E-state index in [0.29, 0.717) is 5.56 Å². The van der Waals surface area contributed by atoms with Crippen molar-refractivity contribution in [2.45, 2.75) is 6.92 Å². The van der Waals surface area contributed by atoms with Gasteiger partial charge in [0.05, 0.1) is 0 Å². The van der Waals surface area contributed by atoms with E-state index in [-0.39, 0.29) is 12.4 Å². The Morgan fingerprint density at radius 3 is 2.44 bits per heavy atom. The number of para-hydroxylation sites is 1. The van der Waals surface area contributed by atoms with Crippen molar-refractivity contribution in [3.63, 3.8) is 0 Å². The topological polar surface area (TPSA) is 26.3 Å². The van der Waals surface area contributed by atoms with Gasteiger partial charge in [0.15, 0.2) is 12.4 Å². The van der Waals surface area contributed by atoms with Gasteiger partial charge in [-0.1, -0.05) is 30.3 Å². The average molecular weight is 352 g/mol. The zero-order valence-electron chi connectivity index (χ0n) is 10.0. The van der Waals surface area contributed by atoms with Gasteiger partial charge in [0, 0.05) is 9.13 Å². The van der Waals surface area contributed by atoms with Gasteiger partial charge in [-0.3, -0.25) is 4.79 Å². The van der Waals surface area contributed by atoms with Crippen molar-refractivity contribution in [2.75, 3.05) is 6.61 Å². The summed E-state index contributed by atoms with van der Waals surface area (Å²) in [5, 5.41) is 0. The van der Waals surface area contributed by atoms with E-state index in [2.05, 4.69) is 22.6 Å². The normalized spacial score (nSPS) is 10.1. The minimum Gasteiger partial charge on any atom is -0.485 e. The van der Waals surface area contributed by atoms with Crippen LogP contribution in [-0.2, 0) is 0 Å². The first kappa shape index (κ1) is 13.1. The van der Waals surface area contributed by atoms with Gasteiger partial charge in [0.25, 0.3) is 0 Å². The molecule has 18 heavy (non-hydrogen) atoms. The second-order valence-electron chi connectivity index (χ2n) is 3.98. The molecule has 0 atom stereocenters. The molecule has 2 rings (SSSR count). The summed E-state index contributed by atoms with van der Waals surface area (Å²) in [6.45, 7) is 2.04. The number of aryl methyl sites for hydroxylation is 1. The molecule has 0 N–H and O–H groups in total. The van der Waals surface area contributed by atoms with E-state index in [9.17, 15) is 4.79 Å². The molecule has 0 spiro atoms. The molecule has 0 radical (unpaired) electrons. The molecule has 0 fully saturated rings. The Bertz CT molecular complexity index is 547. The highest BCUT2D eigenvalue weighted by molar-refractivity contribution is 14.1. The van der Waals surface area contributed by atoms with Crippen molar-refractivity contribution in [3.05, 3.63) is 63.2 Å². The molecule has 0 aromatic heterocycles. The Balaban J connectivity index is 2.01. The van der Waals surface area contributed by atoms with Crippen LogP contribution in [-0.4, -0.2) is 12.4 Å². The third kappa shape index (κ3) is 3.32. The van der Waals surface area contributed by atoms with Gasteiger partial charge in [-0.2, -0.15) is 0 Å². The summed E-state index contributed by atoms with van der Waals surface area (Å²) in [5.74, 6) is 0.756. The van der Waals surface area contributed by atoms with Gasteiger partial charge in [-0.15, -0.1) is 0 Å². The monoisotopic (exact) mass is 352 g/mol. The van der Waals surface area contributed by atoms with E-state index < -0.39 is 0 Å². The molecular weight excluding hydrogens is 339 g/mol. The predicted octanol–water partition coefficient (Wildman–Crippen LogP) is 3.86. The van der Waals surface area contributed by atoms with Crippen LogP contribution < -0.4 is 4.74 Å². The Morgan fingerprint density at radius 2 is 1.78 bits per heavy atom. The SMILES string of the molecule is Cc1ccccc1OCC(=O)c1ccc(I)cc1. The van der Waals surface area contributed by atoms with Gasteiger partial charge in [0.1, 0.15) is 5.75 Å². The zero-order valence-corrected chi connectivity index (χ0v) is 12.2. The van der Waals surface area contributed by atoms with E-state index in [1.165, 1.54) is 0 Å². The number of ketones is 1. The summed E-state index contributed by atoms with van der Waals surface area (Å²) in [6, 6.07) is 15.2. The van der Waals surface area contributed by atoms with Crippen LogP contribution in [0.1, 0.15) is 15.9 Å². The quantitative estimate of drug-likeness (QED) is 0.617. The van der Waals surface area contributed by atoms with Crippen molar-refractivity contribution >= 4 is 28.4 Å². The minimum atomic E-state index is -0.00495. The molecule has 0 aliphatic heterocycles. The molecule has 0 amide bonds. The third-order valence-corrected chi connectivity index (χ3v) is 3.34. The molecule has 2 aromatic carbocycles. The van der Waals surface area contributed by atoms with Crippen LogP contribution >= 0.6 is 22.6 Å². The second kappa shape index (κ2) is 6.00. The minimum absolute atomic E-state index is 0.00495. The molecule has 0 saturated heterocycles. The molecule has 0 aliphatic carbocycles. The Hall–Kier alpha value is -1.36. The molecule has 0 aliphatic rings. The van der Waals surface area contributed by atoms with Crippen molar-refractivity contribution in [1.82, 2.24) is 0 Å². The van der Waals surface area contributed by atoms with Crippen molar-refractivity contribution in [2.24, 2.45) is 0 Å². The largest absolute Gasteiger partial charge is 0.485 e. The van der Waals surface area contributed by atoms with Crippen LogP contribution in [0, 0.1) is 10.5 Å². The third-order valence-electron chi connectivity index (χ3n) is 2.62. The summed E-state index contributed by atoms with van der Waals surface area (Å²) in [7, 11) is 0. The van der Waals surface area contributed by atoms with Crippen LogP contribution in [0.4, 0.5) is 0 Å². The Kier molecular flexibility index (Phi) is 4.36. The molecule has 0 heterocycles. The van der Waals surface area contributed by atoms with E-state index in [0.717, 1.165) is 14.9 Å². The highest BCUT2D eigenvalue weighted by Crippen LogP contribution is 2.16. The van der Waals surface area contributed by atoms with Crippen molar-refractivity contribution in [3.8, 4) is 5.75 Å². The number of carbonyl (C=O) groups excluding carboxylic acids is 1. The maximum atomic E-state index is 11.9. The summed E-state index contributed by atoms with van der Waals surface area (Å²) in [6.07, 6.45) is 0. The number of carbonyl (C=O) groups is 1. The van der Waals surface area contributed by atoms with Crippen molar-refractivity contribution < 1.29 is 9.53 Å². The fraction of sp³-hybridized carbons (Fsp3) is 0.133. The molecule has 3 heteroatoms. The smallest absolute Gasteiger partial charge is 0.200 e. The first-order chi connectivity index (χ1) is 8.66. The van der Waals surface area contributed by atoms with E-state index >= 15 is 0 Å². The summed E-state index contributed by atoms with van der Waals surface area (Å²) in [5.41, 5.74) is 1.72. The lowest BCUT2D eigenvalue weighted by Crippen LogP contribution is -2.12. The lowest BCUT2D eigenvalue weighted by molar-refractivity contribution is 0.0921. The zero-order chi connectivity index (χ0) is 13.0. The maximum Gasteiger partial charge on any atom is 0.200 e. The number of hydrogen-bond acceptors (Lipinski definition) is 2. The second-order valence-corrected chi connectivity index (χ2v) is 5.23. The average Bonchev–Trinajstić information content (AvgIpc) is 2.38. The first-order valence-electron chi connectivity index (χ1n) is 5.64. The number of Topliss-reactive ketones (excluding diaryl/α,β-unsaturated/α-hetero) is 1. The van der Waals surface area contributed by atoms with Gasteiger partial charge in [0.2, 0.25) is 0 Å². The molecule has 0 bridgehead atoms. The summed E-state index contributed by atoms with van der Waals surface area (Å²) < 4.78 is 6.65. The molecular formula is C15H13IO2. The van der Waals surface area contributed by atoms with Crippen LogP contribution in [0.25, 0.3) is 0 Å². The standard InChI is InChI=1S/C15H13IO2/c1-11-4-2-3-5-15(11)18-10-14(17)12-6-8-13(16)9-7-12/h2-9H,10H2,1H3. The van der Waals surface area contributed by atoms with Crippen LogP contribution in [0.15, 0.2) is 48.5 Å². The molecule has 0 saturated carbocycles. The predicted molar refractivity (Wildman–Crippen MR) is 80.2 cm³/mol. The maximum absolute atomic E-state index is 11.9. The molecule has 92 valence electrons. The number of rotatable bonds is 4. The number of benzene rings is 2. The fourth-order valence-corrected chi connectivity index (χ4v) is 1.94. The summed E-state index contributed by atoms with van der Waals surface area (Å²) in [4.78, 5) is 11.9. The lowest BCUT2D eigenvalue weighted by atomic mass is 10.1. The van der Waals surface area contributed by atoms with E-state index in [1.54, 1.807) is 0 Å². The number of hydrogen-bond donors (Lipinski definition) is 0. The van der Waals surface area contributed by atoms with E-state index in [1.807, 2.05) is 55.5 Å². The molecule has 2 nitrogen and oxygen atoms in total.